The molecule has 0 bridgehead atoms. The van der Waals surface area contributed by atoms with E-state index in [0.29, 0.717) is 17.0 Å². The van der Waals surface area contributed by atoms with Gasteiger partial charge in [0.15, 0.2) is 0 Å². The van der Waals surface area contributed by atoms with Crippen LogP contribution in [0.5, 0.6) is 0 Å². The standard InChI is InChI=1S/C29H29ClFN3O3/c1-19-8-9-22(16-20(19)2)26-17-27(21-10-12-23(31)13-11-21)34(32-26)28(35)18-33(14-15-37-3)29(36)24-6-4-5-7-25(24)30/h4-13,16,27H,14-15,17-18H2,1-3H3/t27-/m1/s1. The topological polar surface area (TPSA) is 62.2 Å². The quantitative estimate of drug-likeness (QED) is 0.390. The van der Waals surface area contributed by atoms with E-state index in [9.17, 15) is 14.0 Å². The number of aryl methyl sites for hydroxylation is 2. The van der Waals surface area contributed by atoms with E-state index in [-0.39, 0.29) is 37.3 Å². The van der Waals surface area contributed by atoms with Crippen LogP contribution in [0.2, 0.25) is 5.02 Å². The third-order valence-corrected chi connectivity index (χ3v) is 6.87. The number of carbonyl (C=O) groups is 2. The van der Waals surface area contributed by atoms with Crippen molar-refractivity contribution in [2.75, 3.05) is 26.8 Å². The molecule has 4 rings (SSSR count). The molecule has 1 aliphatic heterocycles. The predicted molar refractivity (Wildman–Crippen MR) is 142 cm³/mol. The number of hydrogen-bond acceptors (Lipinski definition) is 4. The van der Waals surface area contributed by atoms with Gasteiger partial charge in [0.05, 0.1) is 28.9 Å². The number of methoxy groups -OCH3 is 1. The van der Waals surface area contributed by atoms with Crippen LogP contribution in [-0.2, 0) is 9.53 Å². The minimum absolute atomic E-state index is 0.203. The molecule has 1 heterocycles. The molecule has 6 nitrogen and oxygen atoms in total. The zero-order valence-electron chi connectivity index (χ0n) is 21.1. The van der Waals surface area contributed by atoms with Crippen molar-refractivity contribution in [1.29, 1.82) is 0 Å². The molecule has 0 fully saturated rings. The highest BCUT2D eigenvalue weighted by Crippen LogP contribution is 2.33. The molecule has 0 aliphatic carbocycles. The third kappa shape index (κ3) is 6.06. The van der Waals surface area contributed by atoms with Crippen molar-refractivity contribution in [2.24, 2.45) is 5.10 Å². The van der Waals surface area contributed by atoms with E-state index in [4.69, 9.17) is 21.4 Å². The van der Waals surface area contributed by atoms with Crippen LogP contribution in [0.1, 0.15) is 45.1 Å². The Labute approximate surface area is 221 Å². The number of halogens is 2. The summed E-state index contributed by atoms with van der Waals surface area (Å²) in [7, 11) is 1.53. The molecule has 0 unspecified atom stereocenters. The van der Waals surface area contributed by atoms with Crippen LogP contribution >= 0.6 is 11.6 Å². The molecule has 3 aromatic carbocycles. The number of nitrogens with zero attached hydrogens (tertiary/aromatic N) is 3. The van der Waals surface area contributed by atoms with E-state index in [0.717, 1.165) is 28.0 Å². The van der Waals surface area contributed by atoms with Crippen molar-refractivity contribution < 1.29 is 18.7 Å². The summed E-state index contributed by atoms with van der Waals surface area (Å²) in [5.41, 5.74) is 5.04. The molecule has 0 aromatic heterocycles. The van der Waals surface area contributed by atoms with E-state index in [1.54, 1.807) is 36.4 Å². The van der Waals surface area contributed by atoms with Gasteiger partial charge in [0.25, 0.3) is 11.8 Å². The fourth-order valence-electron chi connectivity index (χ4n) is 4.27. The first-order valence-corrected chi connectivity index (χ1v) is 12.4. The summed E-state index contributed by atoms with van der Waals surface area (Å²) in [6, 6.07) is 18.4. The second-order valence-electron chi connectivity index (χ2n) is 9.05. The summed E-state index contributed by atoms with van der Waals surface area (Å²) in [5, 5.41) is 6.43. The Kier molecular flexibility index (Phi) is 8.36. The Morgan fingerprint density at radius 2 is 1.81 bits per heavy atom. The van der Waals surface area contributed by atoms with E-state index in [1.165, 1.54) is 29.2 Å². The highest BCUT2D eigenvalue weighted by atomic mass is 35.5. The number of ether oxygens (including phenoxy) is 1. The molecule has 0 N–H and O–H groups in total. The minimum Gasteiger partial charge on any atom is -0.383 e. The highest BCUT2D eigenvalue weighted by Gasteiger charge is 2.34. The molecule has 0 saturated heterocycles. The zero-order chi connectivity index (χ0) is 26.5. The fraction of sp³-hybridized carbons (Fsp3) is 0.276. The second-order valence-corrected chi connectivity index (χ2v) is 9.46. The Morgan fingerprint density at radius 1 is 1.08 bits per heavy atom. The van der Waals surface area contributed by atoms with Gasteiger partial charge in [-0.1, -0.05) is 48.0 Å². The molecular weight excluding hydrogens is 493 g/mol. The van der Waals surface area contributed by atoms with Gasteiger partial charge in [-0.3, -0.25) is 9.59 Å². The molecule has 0 saturated carbocycles. The molecule has 8 heteroatoms. The van der Waals surface area contributed by atoms with Crippen LogP contribution in [0.3, 0.4) is 0 Å². The van der Waals surface area contributed by atoms with Crippen molar-refractivity contribution in [3.8, 4) is 0 Å². The predicted octanol–water partition coefficient (Wildman–Crippen LogP) is 5.56. The van der Waals surface area contributed by atoms with E-state index in [1.807, 2.05) is 26.0 Å². The molecule has 1 aliphatic rings. The summed E-state index contributed by atoms with van der Waals surface area (Å²) in [6.45, 7) is 4.31. The molecular formula is C29H29ClFN3O3. The zero-order valence-corrected chi connectivity index (χ0v) is 21.8. The maximum atomic E-state index is 13.7. The second kappa shape index (κ2) is 11.7. The number of benzene rings is 3. The SMILES string of the molecule is COCCN(CC(=O)N1N=C(c2ccc(C)c(C)c2)C[C@@H]1c1ccc(F)cc1)C(=O)c1ccccc1Cl. The van der Waals surface area contributed by atoms with Crippen LogP contribution in [0.25, 0.3) is 0 Å². The maximum Gasteiger partial charge on any atom is 0.262 e. The Morgan fingerprint density at radius 3 is 2.49 bits per heavy atom. The molecule has 0 radical (unpaired) electrons. The fourth-order valence-corrected chi connectivity index (χ4v) is 4.49. The van der Waals surface area contributed by atoms with Gasteiger partial charge in [-0.25, -0.2) is 9.40 Å². The maximum absolute atomic E-state index is 13.7. The average Bonchev–Trinajstić information content (AvgIpc) is 3.34. The monoisotopic (exact) mass is 521 g/mol. The van der Waals surface area contributed by atoms with Gasteiger partial charge in [-0.2, -0.15) is 5.10 Å². The molecule has 192 valence electrons. The molecule has 1 atom stereocenters. The lowest BCUT2D eigenvalue weighted by molar-refractivity contribution is -0.133. The number of carbonyl (C=O) groups excluding carboxylic acids is 2. The molecule has 37 heavy (non-hydrogen) atoms. The molecule has 0 spiro atoms. The van der Waals surface area contributed by atoms with Crippen LogP contribution in [-0.4, -0.2) is 54.2 Å². The van der Waals surface area contributed by atoms with E-state index >= 15 is 0 Å². The summed E-state index contributed by atoms with van der Waals surface area (Å²) >= 11 is 6.26. The van der Waals surface area contributed by atoms with Crippen LogP contribution < -0.4 is 0 Å². The molecule has 3 aromatic rings. The number of hydrogen-bond donors (Lipinski definition) is 0. The number of amides is 2. The molecule has 2 amide bonds. The Balaban J connectivity index is 1.65. The lowest BCUT2D eigenvalue weighted by Gasteiger charge is -2.27. The first-order valence-electron chi connectivity index (χ1n) is 12.0. The first-order chi connectivity index (χ1) is 17.8. The average molecular weight is 522 g/mol. The largest absolute Gasteiger partial charge is 0.383 e. The Bertz CT molecular complexity index is 1330. The summed E-state index contributed by atoms with van der Waals surface area (Å²) in [6.07, 6.45) is 0.469. The van der Waals surface area contributed by atoms with Crippen molar-refractivity contribution >= 4 is 29.1 Å². The van der Waals surface area contributed by atoms with Crippen LogP contribution in [0.4, 0.5) is 4.39 Å². The first kappa shape index (κ1) is 26.5. The summed E-state index contributed by atoms with van der Waals surface area (Å²) in [4.78, 5) is 28.4. The van der Waals surface area contributed by atoms with Crippen molar-refractivity contribution in [1.82, 2.24) is 9.91 Å². The highest BCUT2D eigenvalue weighted by molar-refractivity contribution is 6.33. The lowest BCUT2D eigenvalue weighted by Crippen LogP contribution is -2.42. The summed E-state index contributed by atoms with van der Waals surface area (Å²) < 4.78 is 18.8. The normalized spacial score (nSPS) is 15.0. The van der Waals surface area contributed by atoms with Gasteiger partial charge in [-0.15, -0.1) is 0 Å². The van der Waals surface area contributed by atoms with Crippen molar-refractivity contribution in [2.45, 2.75) is 26.3 Å². The van der Waals surface area contributed by atoms with Gasteiger partial charge in [0.2, 0.25) is 0 Å². The van der Waals surface area contributed by atoms with E-state index < -0.39 is 6.04 Å². The lowest BCUT2D eigenvalue weighted by atomic mass is 9.96. The van der Waals surface area contributed by atoms with Gasteiger partial charge < -0.3 is 9.64 Å². The van der Waals surface area contributed by atoms with Crippen LogP contribution in [0.15, 0.2) is 71.8 Å². The van der Waals surface area contributed by atoms with Gasteiger partial charge in [0, 0.05) is 20.1 Å². The van der Waals surface area contributed by atoms with Crippen molar-refractivity contribution in [3.63, 3.8) is 0 Å². The Hall–Kier alpha value is -3.55. The van der Waals surface area contributed by atoms with Gasteiger partial charge >= 0.3 is 0 Å². The van der Waals surface area contributed by atoms with Crippen LogP contribution in [0, 0.1) is 19.7 Å². The number of rotatable bonds is 8. The number of hydrazone groups is 1. The third-order valence-electron chi connectivity index (χ3n) is 6.54. The van der Waals surface area contributed by atoms with Gasteiger partial charge in [0.1, 0.15) is 12.4 Å². The summed E-state index contributed by atoms with van der Waals surface area (Å²) in [5.74, 6) is -1.08. The van der Waals surface area contributed by atoms with Gasteiger partial charge in [-0.05, 0) is 66.4 Å². The van der Waals surface area contributed by atoms with Crippen molar-refractivity contribution in [3.05, 3.63) is 105 Å². The minimum atomic E-state index is -0.426. The smallest absolute Gasteiger partial charge is 0.262 e. The van der Waals surface area contributed by atoms with E-state index in [2.05, 4.69) is 6.07 Å².